The number of aliphatic hydroxyl groups is 1. The van der Waals surface area contributed by atoms with E-state index in [1.807, 2.05) is 0 Å². The molecule has 0 bridgehead atoms. The first-order chi connectivity index (χ1) is 15.7. The Labute approximate surface area is 194 Å². The van der Waals surface area contributed by atoms with Crippen LogP contribution in [0, 0.1) is 5.82 Å². The van der Waals surface area contributed by atoms with Gasteiger partial charge in [0.2, 0.25) is 0 Å². The van der Waals surface area contributed by atoms with Gasteiger partial charge in [0.15, 0.2) is 11.8 Å². The molecule has 1 aromatic heterocycles. The standard InChI is InChI=1S/C22H23ClFN5O4/c1-13(2)33-22(32)20(30)12-29(27-21(31)19-10-25-28-26-19)11-14-3-5-15(6-4-14)17-9-16(23)7-8-18(17)24/h3-10,13,20,30H,11-12H2,1-2H3,(H,27,31)(H,25,26,28). The van der Waals surface area contributed by atoms with Gasteiger partial charge in [-0.2, -0.15) is 0 Å². The number of hydrogen-bond acceptors (Lipinski definition) is 7. The summed E-state index contributed by atoms with van der Waals surface area (Å²) in [4.78, 5) is 24.4. The Morgan fingerprint density at radius 1 is 1.24 bits per heavy atom. The summed E-state index contributed by atoms with van der Waals surface area (Å²) in [5.41, 5.74) is 4.34. The Morgan fingerprint density at radius 2 is 1.97 bits per heavy atom. The van der Waals surface area contributed by atoms with E-state index in [-0.39, 0.29) is 18.8 Å². The van der Waals surface area contributed by atoms with Crippen LogP contribution < -0.4 is 5.43 Å². The van der Waals surface area contributed by atoms with Crippen LogP contribution in [0.5, 0.6) is 0 Å². The molecular formula is C22H23ClFN5O4. The molecule has 1 unspecified atom stereocenters. The number of aromatic nitrogens is 3. The minimum atomic E-state index is -1.50. The fourth-order valence-electron chi connectivity index (χ4n) is 2.99. The highest BCUT2D eigenvalue weighted by atomic mass is 35.5. The second-order valence-corrected chi connectivity index (χ2v) is 7.94. The number of esters is 1. The van der Waals surface area contributed by atoms with Crippen LogP contribution in [0.15, 0.2) is 48.7 Å². The highest BCUT2D eigenvalue weighted by molar-refractivity contribution is 6.30. The quantitative estimate of drug-likeness (QED) is 0.321. The number of H-pyrrole nitrogens is 1. The molecule has 33 heavy (non-hydrogen) atoms. The van der Waals surface area contributed by atoms with Crippen molar-refractivity contribution in [2.45, 2.75) is 32.6 Å². The van der Waals surface area contributed by atoms with Crippen molar-refractivity contribution in [3.8, 4) is 11.1 Å². The van der Waals surface area contributed by atoms with Gasteiger partial charge in [-0.1, -0.05) is 41.1 Å². The Kier molecular flexibility index (Phi) is 8.10. The minimum absolute atomic E-state index is 0.0334. The van der Waals surface area contributed by atoms with E-state index in [1.54, 1.807) is 38.1 Å². The third kappa shape index (κ3) is 6.82. The zero-order chi connectivity index (χ0) is 24.0. The first-order valence-corrected chi connectivity index (χ1v) is 10.5. The Balaban J connectivity index is 1.76. The van der Waals surface area contributed by atoms with Crippen LogP contribution in [-0.2, 0) is 16.1 Å². The van der Waals surface area contributed by atoms with E-state index in [1.165, 1.54) is 29.4 Å². The summed E-state index contributed by atoms with van der Waals surface area (Å²) in [6.07, 6.45) is -0.583. The molecule has 0 spiro atoms. The molecule has 0 aliphatic heterocycles. The van der Waals surface area contributed by atoms with Crippen LogP contribution in [0.25, 0.3) is 11.1 Å². The number of hydrazine groups is 1. The molecule has 0 saturated carbocycles. The summed E-state index contributed by atoms with van der Waals surface area (Å²) >= 11 is 5.98. The van der Waals surface area contributed by atoms with E-state index in [0.29, 0.717) is 16.1 Å². The van der Waals surface area contributed by atoms with E-state index in [2.05, 4.69) is 20.8 Å². The number of nitrogens with zero attached hydrogens (tertiary/aromatic N) is 3. The normalized spacial score (nSPS) is 12.1. The predicted molar refractivity (Wildman–Crippen MR) is 118 cm³/mol. The maximum Gasteiger partial charge on any atom is 0.336 e. The van der Waals surface area contributed by atoms with Crippen molar-refractivity contribution < 1.29 is 23.8 Å². The largest absolute Gasteiger partial charge is 0.461 e. The van der Waals surface area contributed by atoms with E-state index >= 15 is 0 Å². The zero-order valence-corrected chi connectivity index (χ0v) is 18.7. The number of halogens is 2. The van der Waals surface area contributed by atoms with Gasteiger partial charge in [0.1, 0.15) is 5.82 Å². The van der Waals surface area contributed by atoms with Crippen molar-refractivity contribution >= 4 is 23.5 Å². The fourth-order valence-corrected chi connectivity index (χ4v) is 3.16. The SMILES string of the molecule is CC(C)OC(=O)C(O)CN(Cc1ccc(-c2cc(Cl)ccc2F)cc1)NC(=O)c1c[nH]nn1. The lowest BCUT2D eigenvalue weighted by molar-refractivity contribution is -0.158. The number of carbonyl (C=O) groups is 2. The van der Waals surface area contributed by atoms with E-state index in [0.717, 1.165) is 5.56 Å². The molecule has 1 heterocycles. The monoisotopic (exact) mass is 475 g/mol. The molecule has 0 aliphatic carbocycles. The van der Waals surface area contributed by atoms with Crippen molar-refractivity contribution in [3.63, 3.8) is 0 Å². The molecule has 11 heteroatoms. The lowest BCUT2D eigenvalue weighted by Crippen LogP contribution is -2.47. The zero-order valence-electron chi connectivity index (χ0n) is 18.0. The Hall–Kier alpha value is -3.34. The predicted octanol–water partition coefficient (Wildman–Crippen LogP) is 2.72. The van der Waals surface area contributed by atoms with Gasteiger partial charge in [-0.05, 0) is 43.2 Å². The van der Waals surface area contributed by atoms with Gasteiger partial charge >= 0.3 is 5.97 Å². The van der Waals surface area contributed by atoms with Crippen molar-refractivity contribution in [3.05, 3.63) is 70.8 Å². The Bertz CT molecular complexity index is 1090. The smallest absolute Gasteiger partial charge is 0.336 e. The molecular weight excluding hydrogens is 453 g/mol. The number of rotatable bonds is 9. The Morgan fingerprint density at radius 3 is 2.61 bits per heavy atom. The first-order valence-electron chi connectivity index (χ1n) is 10.1. The first kappa shape index (κ1) is 24.3. The summed E-state index contributed by atoms with van der Waals surface area (Å²) in [6.45, 7) is 3.23. The van der Waals surface area contributed by atoms with Gasteiger partial charge in [-0.25, -0.2) is 14.2 Å². The van der Waals surface area contributed by atoms with Gasteiger partial charge in [0.05, 0.1) is 18.8 Å². The molecule has 174 valence electrons. The number of hydrogen-bond donors (Lipinski definition) is 3. The molecule has 1 atom stereocenters. The van der Waals surface area contributed by atoms with Crippen LogP contribution in [0.1, 0.15) is 29.9 Å². The molecule has 0 aliphatic rings. The summed E-state index contributed by atoms with van der Waals surface area (Å²) in [5, 5.41) is 21.6. The molecule has 0 radical (unpaired) electrons. The number of nitrogens with one attached hydrogen (secondary N) is 2. The van der Waals surface area contributed by atoms with Gasteiger partial charge in [-0.15, -0.1) is 5.10 Å². The minimum Gasteiger partial charge on any atom is -0.461 e. The number of benzene rings is 2. The van der Waals surface area contributed by atoms with E-state index in [4.69, 9.17) is 16.3 Å². The molecule has 2 aromatic carbocycles. The van der Waals surface area contributed by atoms with Crippen molar-refractivity contribution in [2.75, 3.05) is 6.54 Å². The fraction of sp³-hybridized carbons (Fsp3) is 0.273. The summed E-state index contributed by atoms with van der Waals surface area (Å²) in [7, 11) is 0. The van der Waals surface area contributed by atoms with Crippen molar-refractivity contribution in [1.82, 2.24) is 25.8 Å². The third-order valence-corrected chi connectivity index (χ3v) is 4.73. The molecule has 0 saturated heterocycles. The van der Waals surface area contributed by atoms with Crippen LogP contribution >= 0.6 is 11.6 Å². The molecule has 3 aromatic rings. The van der Waals surface area contributed by atoms with Crippen LogP contribution in [0.2, 0.25) is 5.02 Å². The van der Waals surface area contributed by atoms with Gasteiger partial charge in [0, 0.05) is 17.1 Å². The van der Waals surface area contributed by atoms with Crippen molar-refractivity contribution in [2.24, 2.45) is 0 Å². The van der Waals surface area contributed by atoms with Gasteiger partial charge in [0.25, 0.3) is 5.91 Å². The highest BCUT2D eigenvalue weighted by Gasteiger charge is 2.23. The second kappa shape index (κ2) is 11.0. The van der Waals surface area contributed by atoms with Crippen LogP contribution in [-0.4, -0.2) is 56.2 Å². The highest BCUT2D eigenvalue weighted by Crippen LogP contribution is 2.26. The molecule has 3 rings (SSSR count). The molecule has 0 fully saturated rings. The number of amides is 1. The van der Waals surface area contributed by atoms with Crippen molar-refractivity contribution in [1.29, 1.82) is 0 Å². The number of ether oxygens (including phenoxy) is 1. The lowest BCUT2D eigenvalue weighted by Gasteiger charge is -2.25. The average molecular weight is 476 g/mol. The third-order valence-electron chi connectivity index (χ3n) is 4.49. The topological polar surface area (TPSA) is 120 Å². The molecule has 9 nitrogen and oxygen atoms in total. The summed E-state index contributed by atoms with van der Waals surface area (Å²) < 4.78 is 19.2. The summed E-state index contributed by atoms with van der Waals surface area (Å²) in [6, 6.07) is 11.2. The maximum absolute atomic E-state index is 14.2. The average Bonchev–Trinajstić information content (AvgIpc) is 3.30. The number of aliphatic hydroxyl groups excluding tert-OH is 1. The maximum atomic E-state index is 14.2. The van der Waals surface area contributed by atoms with Gasteiger partial charge in [-0.3, -0.25) is 15.3 Å². The lowest BCUT2D eigenvalue weighted by atomic mass is 10.0. The number of carbonyl (C=O) groups excluding carboxylic acids is 2. The van der Waals surface area contributed by atoms with Crippen LogP contribution in [0.3, 0.4) is 0 Å². The second-order valence-electron chi connectivity index (χ2n) is 7.50. The summed E-state index contributed by atoms with van der Waals surface area (Å²) in [5.74, 6) is -1.79. The van der Waals surface area contributed by atoms with Gasteiger partial charge < -0.3 is 9.84 Å². The van der Waals surface area contributed by atoms with Crippen LogP contribution in [0.4, 0.5) is 4.39 Å². The number of aromatic amines is 1. The molecule has 3 N–H and O–H groups in total. The van der Waals surface area contributed by atoms with E-state index in [9.17, 15) is 19.1 Å². The molecule has 1 amide bonds. The van der Waals surface area contributed by atoms with E-state index < -0.39 is 29.9 Å².